The van der Waals surface area contributed by atoms with Crippen LogP contribution < -0.4 is 5.43 Å². The van der Waals surface area contributed by atoms with Gasteiger partial charge in [0.05, 0.1) is 11.3 Å². The highest BCUT2D eigenvalue weighted by Gasteiger charge is 2.11. The highest BCUT2D eigenvalue weighted by molar-refractivity contribution is 7.79. The molecule has 4 heteroatoms. The maximum absolute atomic E-state index is 12.0. The number of nitrogens with zero attached hydrogens (tertiary/aromatic N) is 2. The van der Waals surface area contributed by atoms with Crippen molar-refractivity contribution in [2.24, 2.45) is 0 Å². The van der Waals surface area contributed by atoms with Crippen molar-refractivity contribution < 1.29 is 0 Å². The van der Waals surface area contributed by atoms with Gasteiger partial charge in [0.15, 0.2) is 5.43 Å². The van der Waals surface area contributed by atoms with Crippen LogP contribution in [0, 0.1) is 0 Å². The van der Waals surface area contributed by atoms with E-state index in [1.54, 1.807) is 30.0 Å². The van der Waals surface area contributed by atoms with Crippen LogP contribution in [0.4, 0.5) is 0 Å². The first-order chi connectivity index (χ1) is 8.81. The smallest absolute Gasteiger partial charge is 0.188 e. The molecule has 0 unspecified atom stereocenters. The van der Waals surface area contributed by atoms with Gasteiger partial charge in [-0.1, -0.05) is 18.3 Å². The third-order valence-electron chi connectivity index (χ3n) is 2.88. The second kappa shape index (κ2) is 4.23. The van der Waals surface area contributed by atoms with Crippen molar-refractivity contribution in [2.45, 2.75) is 0 Å². The minimum atomic E-state index is -0.0514. The van der Waals surface area contributed by atoms with E-state index < -0.39 is 0 Å². The Morgan fingerprint density at radius 1 is 1.11 bits per heavy atom. The van der Waals surface area contributed by atoms with Crippen LogP contribution in [0.25, 0.3) is 22.0 Å². The maximum Gasteiger partial charge on any atom is 0.188 e. The lowest BCUT2D eigenvalue weighted by Gasteiger charge is -2.00. The van der Waals surface area contributed by atoms with Crippen LogP contribution in [0.2, 0.25) is 0 Å². The van der Waals surface area contributed by atoms with Crippen LogP contribution in [0.3, 0.4) is 0 Å². The van der Waals surface area contributed by atoms with Crippen LogP contribution in [0.5, 0.6) is 0 Å². The van der Waals surface area contributed by atoms with Crippen molar-refractivity contribution in [2.75, 3.05) is 0 Å². The van der Waals surface area contributed by atoms with E-state index in [1.807, 2.05) is 12.1 Å². The van der Waals surface area contributed by atoms with E-state index in [2.05, 4.69) is 9.97 Å². The standard InChI is InChI=1S/C14H8N2OS/c17-13-3-1-2-12-14(13)11-7-15-5-4-10(11)9(8-18)6-16-12/h1-8H. The molecule has 0 fully saturated rings. The number of thiocarbonyl (C=S) groups is 1. The van der Waals surface area contributed by atoms with Crippen molar-refractivity contribution in [3.63, 3.8) is 0 Å². The average molecular weight is 252 g/mol. The van der Waals surface area contributed by atoms with Crippen LogP contribution in [-0.4, -0.2) is 15.3 Å². The molecule has 0 radical (unpaired) electrons. The molecular formula is C14H8N2OS. The molecule has 1 aromatic rings. The number of rotatable bonds is 1. The monoisotopic (exact) mass is 252 g/mol. The molecule has 2 heterocycles. The molecule has 0 spiro atoms. The Morgan fingerprint density at radius 2 is 2.00 bits per heavy atom. The van der Waals surface area contributed by atoms with Gasteiger partial charge in [-0.05, 0) is 23.6 Å². The van der Waals surface area contributed by atoms with E-state index in [4.69, 9.17) is 12.2 Å². The zero-order chi connectivity index (χ0) is 12.5. The average Bonchev–Trinajstić information content (AvgIpc) is 2.56. The molecule has 3 nitrogen and oxygen atoms in total. The summed E-state index contributed by atoms with van der Waals surface area (Å²) in [7, 11) is 0. The Hall–Kier alpha value is -2.20. The number of hydrogen-bond donors (Lipinski definition) is 0. The summed E-state index contributed by atoms with van der Waals surface area (Å²) in [5, 5.41) is 3.25. The molecule has 1 aliphatic carbocycles. The molecule has 86 valence electrons. The third-order valence-corrected chi connectivity index (χ3v) is 3.13. The van der Waals surface area contributed by atoms with Gasteiger partial charge >= 0.3 is 0 Å². The molecule has 0 amide bonds. The molecule has 0 aromatic carbocycles. The molecule has 2 aliphatic rings. The van der Waals surface area contributed by atoms with E-state index in [-0.39, 0.29) is 5.43 Å². The normalized spacial score (nSPS) is 10.7. The first-order valence-electron chi connectivity index (χ1n) is 5.42. The van der Waals surface area contributed by atoms with Gasteiger partial charge < -0.3 is 0 Å². The molecular weight excluding hydrogens is 244 g/mol. The van der Waals surface area contributed by atoms with Crippen LogP contribution in [-0.2, 0) is 0 Å². The predicted molar refractivity (Wildman–Crippen MR) is 75.2 cm³/mol. The molecule has 0 saturated heterocycles. The third kappa shape index (κ3) is 1.58. The highest BCUT2D eigenvalue weighted by atomic mass is 32.1. The van der Waals surface area contributed by atoms with E-state index in [9.17, 15) is 4.79 Å². The van der Waals surface area contributed by atoms with Crippen molar-refractivity contribution in [1.82, 2.24) is 9.97 Å². The minimum Gasteiger partial charge on any atom is -0.289 e. The fourth-order valence-electron chi connectivity index (χ4n) is 2.05. The molecule has 1 aliphatic heterocycles. The fraction of sp³-hybridized carbons (Fsp3) is 0. The summed E-state index contributed by atoms with van der Waals surface area (Å²) in [4.78, 5) is 20.4. The van der Waals surface area contributed by atoms with Crippen molar-refractivity contribution >= 4 is 28.4 Å². The van der Waals surface area contributed by atoms with Gasteiger partial charge in [-0.15, -0.1) is 0 Å². The van der Waals surface area contributed by atoms with Gasteiger partial charge in [-0.3, -0.25) is 14.8 Å². The van der Waals surface area contributed by atoms with Gasteiger partial charge in [0.2, 0.25) is 0 Å². The molecule has 0 atom stereocenters. The van der Waals surface area contributed by atoms with Gasteiger partial charge in [0.25, 0.3) is 0 Å². The van der Waals surface area contributed by atoms with Crippen LogP contribution >= 0.6 is 12.2 Å². The summed E-state index contributed by atoms with van der Waals surface area (Å²) in [5.41, 5.74) is 2.01. The van der Waals surface area contributed by atoms with Crippen LogP contribution in [0.15, 0.2) is 47.7 Å². The van der Waals surface area contributed by atoms with Crippen molar-refractivity contribution in [1.29, 1.82) is 0 Å². The zero-order valence-electron chi connectivity index (χ0n) is 9.33. The summed E-state index contributed by atoms with van der Waals surface area (Å²) < 4.78 is 0. The molecule has 0 saturated carbocycles. The molecule has 0 bridgehead atoms. The Kier molecular flexibility index (Phi) is 2.57. The van der Waals surface area contributed by atoms with Gasteiger partial charge in [-0.2, -0.15) is 0 Å². The lowest BCUT2D eigenvalue weighted by Crippen LogP contribution is -2.03. The number of pyridine rings is 1. The second-order valence-corrected chi connectivity index (χ2v) is 4.14. The number of hydrogen-bond acceptors (Lipinski definition) is 4. The molecule has 1 aromatic heterocycles. The first-order valence-corrected chi connectivity index (χ1v) is 5.89. The quantitative estimate of drug-likeness (QED) is 0.624. The molecule has 3 rings (SSSR count). The first kappa shape index (κ1) is 10.9. The molecule has 18 heavy (non-hydrogen) atoms. The van der Waals surface area contributed by atoms with Crippen LogP contribution in [0.1, 0.15) is 5.56 Å². The van der Waals surface area contributed by atoms with E-state index in [1.165, 1.54) is 6.07 Å². The van der Waals surface area contributed by atoms with E-state index in [0.717, 1.165) is 16.3 Å². The largest absolute Gasteiger partial charge is 0.289 e. The SMILES string of the molecule is O=c1cccc2ncc(C=S)c3ccncc3c1-2. The van der Waals surface area contributed by atoms with E-state index >= 15 is 0 Å². The Bertz CT molecular complexity index is 786. The second-order valence-electron chi connectivity index (χ2n) is 3.90. The van der Waals surface area contributed by atoms with Crippen molar-refractivity contribution in [3.05, 3.63) is 58.6 Å². The van der Waals surface area contributed by atoms with Gasteiger partial charge in [-0.25, -0.2) is 0 Å². The number of fused-ring (bicyclic) bond motifs is 3. The fourth-order valence-corrected chi connectivity index (χ4v) is 2.23. The van der Waals surface area contributed by atoms with Gasteiger partial charge in [0, 0.05) is 34.9 Å². The summed E-state index contributed by atoms with van der Waals surface area (Å²) in [6.07, 6.45) is 5.06. The number of aromatic nitrogens is 2. The van der Waals surface area contributed by atoms with Gasteiger partial charge in [0.1, 0.15) is 0 Å². The zero-order valence-corrected chi connectivity index (χ0v) is 10.1. The van der Waals surface area contributed by atoms with E-state index in [0.29, 0.717) is 11.3 Å². The van der Waals surface area contributed by atoms with Crippen molar-refractivity contribution in [3.8, 4) is 11.3 Å². The lowest BCUT2D eigenvalue weighted by molar-refractivity contribution is 1.34. The maximum atomic E-state index is 12.0. The highest BCUT2D eigenvalue weighted by Crippen LogP contribution is 2.25. The summed E-state index contributed by atoms with van der Waals surface area (Å²) in [6, 6.07) is 6.90. The minimum absolute atomic E-state index is 0.0514. The number of benzene rings is 1. The summed E-state index contributed by atoms with van der Waals surface area (Å²) >= 11 is 5.00. The topological polar surface area (TPSA) is 42.9 Å². The Labute approximate surface area is 108 Å². The summed E-state index contributed by atoms with van der Waals surface area (Å²) in [6.45, 7) is 0. The lowest BCUT2D eigenvalue weighted by atomic mass is 10.0. The predicted octanol–water partition coefficient (Wildman–Crippen LogP) is 2.44. The Morgan fingerprint density at radius 3 is 2.83 bits per heavy atom. The molecule has 0 N–H and O–H groups in total. The summed E-state index contributed by atoms with van der Waals surface area (Å²) in [5.74, 6) is 0. The Balaban J connectivity index is 2.66.